The summed E-state index contributed by atoms with van der Waals surface area (Å²) < 4.78 is 0. The van der Waals surface area contributed by atoms with Gasteiger partial charge >= 0.3 is 0 Å². The lowest BCUT2D eigenvalue weighted by Gasteiger charge is -1.96. The van der Waals surface area contributed by atoms with E-state index < -0.39 is 11.6 Å². The molecule has 0 aliphatic heterocycles. The lowest BCUT2D eigenvalue weighted by Crippen LogP contribution is -2.17. The molecule has 3 aromatic heterocycles. The fourth-order valence-electron chi connectivity index (χ4n) is 1.94. The number of hydrogen-bond acceptors (Lipinski definition) is 7. The molecule has 0 saturated carbocycles. The van der Waals surface area contributed by atoms with Crippen molar-refractivity contribution in [2.75, 3.05) is 0 Å². The molecule has 110 valence electrons. The average molecular weight is 313 g/mol. The molecule has 0 atom stereocenters. The number of nitrogens with one attached hydrogen (secondary N) is 1. The zero-order valence-electron chi connectivity index (χ0n) is 11.4. The van der Waals surface area contributed by atoms with Gasteiger partial charge in [-0.2, -0.15) is 5.21 Å². The number of carbonyl (C=O) groups is 2. The third-order valence-corrected chi connectivity index (χ3v) is 3.94. The van der Waals surface area contributed by atoms with Crippen LogP contribution < -0.4 is 0 Å². The fraction of sp³-hybridized carbons (Fsp3) is 0.143. The molecule has 0 fully saturated rings. The van der Waals surface area contributed by atoms with Gasteiger partial charge in [0, 0.05) is 29.6 Å². The van der Waals surface area contributed by atoms with Crippen LogP contribution in [0.15, 0.2) is 35.8 Å². The highest BCUT2D eigenvalue weighted by Gasteiger charge is 2.21. The molecule has 0 saturated heterocycles. The van der Waals surface area contributed by atoms with Gasteiger partial charge in [0.05, 0.1) is 0 Å². The Hall–Kier alpha value is -2.74. The van der Waals surface area contributed by atoms with Gasteiger partial charge in [-0.15, -0.1) is 21.5 Å². The van der Waals surface area contributed by atoms with Crippen molar-refractivity contribution in [1.82, 2.24) is 25.6 Å². The molecule has 3 aromatic rings. The van der Waals surface area contributed by atoms with Crippen molar-refractivity contribution < 1.29 is 9.59 Å². The highest BCUT2D eigenvalue weighted by Crippen LogP contribution is 2.18. The maximum Gasteiger partial charge on any atom is 0.269 e. The third kappa shape index (κ3) is 3.29. The van der Waals surface area contributed by atoms with Crippen molar-refractivity contribution >= 4 is 22.9 Å². The second kappa shape index (κ2) is 6.35. The van der Waals surface area contributed by atoms with E-state index in [9.17, 15) is 9.59 Å². The monoisotopic (exact) mass is 313 g/mol. The third-order valence-electron chi connectivity index (χ3n) is 2.96. The Labute approximate surface area is 129 Å². The summed E-state index contributed by atoms with van der Waals surface area (Å²) in [5.74, 6) is -1.48. The van der Waals surface area contributed by atoms with Gasteiger partial charge in [-0.1, -0.05) is 6.07 Å². The Bertz CT molecular complexity index is 783. The van der Waals surface area contributed by atoms with Crippen LogP contribution in [0.4, 0.5) is 0 Å². The van der Waals surface area contributed by atoms with E-state index in [-0.39, 0.29) is 12.2 Å². The van der Waals surface area contributed by atoms with Crippen LogP contribution in [0, 0.1) is 0 Å². The minimum Gasteiger partial charge on any atom is -0.290 e. The Morgan fingerprint density at radius 1 is 1.27 bits per heavy atom. The largest absolute Gasteiger partial charge is 0.290 e. The van der Waals surface area contributed by atoms with Crippen molar-refractivity contribution in [3.63, 3.8) is 0 Å². The first-order chi connectivity index (χ1) is 10.7. The van der Waals surface area contributed by atoms with Crippen LogP contribution in [0.25, 0.3) is 0 Å². The number of hydrogen-bond donors (Lipinski definition) is 1. The first-order valence-electron chi connectivity index (χ1n) is 6.49. The number of nitrogens with zero attached hydrogens (tertiary/aromatic N) is 4. The topological polar surface area (TPSA) is 101 Å². The zero-order valence-corrected chi connectivity index (χ0v) is 12.2. The number of rotatable bonds is 6. The summed E-state index contributed by atoms with van der Waals surface area (Å²) >= 11 is 1.54. The van der Waals surface area contributed by atoms with Crippen LogP contribution in [0.5, 0.6) is 0 Å². The molecule has 7 nitrogen and oxygen atoms in total. The highest BCUT2D eigenvalue weighted by molar-refractivity contribution is 7.10. The molecule has 0 unspecified atom stereocenters. The van der Waals surface area contributed by atoms with Crippen LogP contribution in [0.3, 0.4) is 0 Å². The molecule has 22 heavy (non-hydrogen) atoms. The van der Waals surface area contributed by atoms with Crippen LogP contribution in [-0.2, 0) is 17.6 Å². The summed E-state index contributed by atoms with van der Waals surface area (Å²) in [5.41, 5.74) is 1.77. The molecular weight excluding hydrogens is 302 g/mol. The summed E-state index contributed by atoms with van der Waals surface area (Å²) in [6, 6.07) is 7.67. The van der Waals surface area contributed by atoms with Crippen molar-refractivity contribution in [3.8, 4) is 0 Å². The normalized spacial score (nSPS) is 10.5. The molecule has 0 radical (unpaired) electrons. The molecule has 3 rings (SSSR count). The van der Waals surface area contributed by atoms with Gasteiger partial charge in [-0.3, -0.25) is 14.6 Å². The summed E-state index contributed by atoms with van der Waals surface area (Å²) in [7, 11) is 0. The number of thiophene rings is 1. The molecular formula is C14H11N5O2S. The Morgan fingerprint density at radius 2 is 2.18 bits per heavy atom. The smallest absolute Gasteiger partial charge is 0.269 e. The minimum atomic E-state index is -0.730. The first-order valence-corrected chi connectivity index (χ1v) is 7.37. The van der Waals surface area contributed by atoms with Gasteiger partial charge in [0.1, 0.15) is 0 Å². The van der Waals surface area contributed by atoms with E-state index in [0.29, 0.717) is 6.42 Å². The molecule has 0 aliphatic carbocycles. The van der Waals surface area contributed by atoms with Crippen LogP contribution in [0.1, 0.15) is 26.8 Å². The van der Waals surface area contributed by atoms with Crippen molar-refractivity contribution in [1.29, 1.82) is 0 Å². The SMILES string of the molecule is O=C(Cc1csc(Cc2ccccn2)c1)C(=O)c1nn[nH]n1. The van der Waals surface area contributed by atoms with E-state index in [1.54, 1.807) is 17.5 Å². The molecule has 0 spiro atoms. The van der Waals surface area contributed by atoms with Crippen LogP contribution in [0.2, 0.25) is 0 Å². The zero-order chi connectivity index (χ0) is 15.4. The van der Waals surface area contributed by atoms with Gasteiger partial charge < -0.3 is 0 Å². The second-order valence-electron chi connectivity index (χ2n) is 4.58. The van der Waals surface area contributed by atoms with Gasteiger partial charge in [-0.05, 0) is 34.4 Å². The predicted molar refractivity (Wildman–Crippen MR) is 78.6 cm³/mol. The summed E-state index contributed by atoms with van der Waals surface area (Å²) in [4.78, 5) is 29.0. The maximum atomic E-state index is 11.9. The number of tetrazole rings is 1. The maximum absolute atomic E-state index is 11.9. The molecule has 0 amide bonds. The van der Waals surface area contributed by atoms with Gasteiger partial charge in [-0.25, -0.2) is 0 Å². The second-order valence-corrected chi connectivity index (χ2v) is 5.58. The number of ketones is 2. The number of Topliss-reactive ketones (excluding diaryl/α,β-unsaturated/α-hetero) is 2. The quantitative estimate of drug-likeness (QED) is 0.542. The minimum absolute atomic E-state index is 0.0338. The fourth-order valence-corrected chi connectivity index (χ4v) is 2.85. The molecule has 3 heterocycles. The number of carbonyl (C=O) groups excluding carboxylic acids is 2. The van der Waals surface area contributed by atoms with E-state index in [2.05, 4.69) is 25.6 Å². The van der Waals surface area contributed by atoms with E-state index >= 15 is 0 Å². The van der Waals surface area contributed by atoms with E-state index in [1.807, 2.05) is 29.6 Å². The van der Waals surface area contributed by atoms with E-state index in [4.69, 9.17) is 0 Å². The average Bonchev–Trinajstić information content (AvgIpc) is 3.19. The molecule has 0 aliphatic rings. The predicted octanol–water partition coefficient (Wildman–Crippen LogP) is 1.24. The molecule has 0 bridgehead atoms. The summed E-state index contributed by atoms with van der Waals surface area (Å²) in [6.45, 7) is 0. The first kappa shape index (κ1) is 14.2. The van der Waals surface area contributed by atoms with Gasteiger partial charge in [0.25, 0.3) is 5.78 Å². The summed E-state index contributed by atoms with van der Waals surface area (Å²) in [6.07, 6.45) is 2.49. The van der Waals surface area contributed by atoms with Gasteiger partial charge in [0.2, 0.25) is 11.6 Å². The molecule has 1 N–H and O–H groups in total. The lowest BCUT2D eigenvalue weighted by atomic mass is 10.1. The highest BCUT2D eigenvalue weighted by atomic mass is 32.1. The Kier molecular flexibility index (Phi) is 4.10. The van der Waals surface area contributed by atoms with E-state index in [1.165, 1.54) is 0 Å². The summed E-state index contributed by atoms with van der Waals surface area (Å²) in [5, 5.41) is 14.3. The molecule has 0 aromatic carbocycles. The van der Waals surface area contributed by atoms with Gasteiger partial charge in [0.15, 0.2) is 0 Å². The van der Waals surface area contributed by atoms with Crippen LogP contribution in [-0.4, -0.2) is 37.2 Å². The van der Waals surface area contributed by atoms with E-state index in [0.717, 1.165) is 16.1 Å². The number of pyridine rings is 1. The van der Waals surface area contributed by atoms with Crippen molar-refractivity contribution in [3.05, 3.63) is 57.8 Å². The number of aromatic nitrogens is 5. The lowest BCUT2D eigenvalue weighted by molar-refractivity contribution is -0.114. The van der Waals surface area contributed by atoms with Crippen molar-refractivity contribution in [2.24, 2.45) is 0 Å². The van der Waals surface area contributed by atoms with Crippen LogP contribution >= 0.6 is 11.3 Å². The Balaban J connectivity index is 1.64. The standard InChI is InChI=1S/C14H11N5O2S/c20-12(13(21)14-16-18-19-17-14)6-9-5-11(22-8-9)7-10-3-1-2-4-15-10/h1-5,8H,6-7H2,(H,16,17,18,19). The van der Waals surface area contributed by atoms with Crippen molar-refractivity contribution in [2.45, 2.75) is 12.8 Å². The number of aromatic amines is 1. The number of H-pyrrole nitrogens is 1. The molecule has 8 heteroatoms. The Morgan fingerprint density at radius 3 is 2.91 bits per heavy atom.